The van der Waals surface area contributed by atoms with Gasteiger partial charge in [0.2, 0.25) is 0 Å². The number of furan rings is 1. The van der Waals surface area contributed by atoms with Crippen LogP contribution in [0.25, 0.3) is 0 Å². The van der Waals surface area contributed by atoms with Crippen molar-refractivity contribution >= 4 is 0 Å². The first kappa shape index (κ1) is 12.8. The monoisotopic (exact) mass is 251 g/mol. The van der Waals surface area contributed by atoms with Crippen LogP contribution in [0.15, 0.2) is 41.0 Å². The number of halogens is 2. The van der Waals surface area contributed by atoms with Gasteiger partial charge in [-0.05, 0) is 24.6 Å². The summed E-state index contributed by atoms with van der Waals surface area (Å²) in [7, 11) is 0. The zero-order valence-electron chi connectivity index (χ0n) is 10.1. The molecule has 1 aromatic carbocycles. The second-order valence-electron chi connectivity index (χ2n) is 4.09. The first-order valence-corrected chi connectivity index (χ1v) is 5.91. The van der Waals surface area contributed by atoms with E-state index in [9.17, 15) is 8.78 Å². The molecule has 0 amide bonds. The van der Waals surface area contributed by atoms with Gasteiger partial charge in [-0.15, -0.1) is 0 Å². The average Bonchev–Trinajstić information content (AvgIpc) is 2.86. The van der Waals surface area contributed by atoms with Crippen LogP contribution in [0.1, 0.15) is 30.7 Å². The van der Waals surface area contributed by atoms with Gasteiger partial charge in [-0.3, -0.25) is 0 Å². The standard InChI is InChI=1S/C14H15F2NO/c1-2-13(14-4-3-7-18-14)17-9-10-5-6-11(15)8-12(10)16/h3-8,13,17H,2,9H2,1H3. The van der Waals surface area contributed by atoms with Gasteiger partial charge in [0.1, 0.15) is 17.4 Å². The molecular formula is C14H15F2NO. The molecule has 0 saturated heterocycles. The Kier molecular flexibility index (Phi) is 4.10. The van der Waals surface area contributed by atoms with Crippen molar-refractivity contribution in [2.24, 2.45) is 0 Å². The molecule has 1 unspecified atom stereocenters. The summed E-state index contributed by atoms with van der Waals surface area (Å²) >= 11 is 0. The van der Waals surface area contributed by atoms with Crippen LogP contribution in [-0.2, 0) is 6.54 Å². The van der Waals surface area contributed by atoms with Gasteiger partial charge in [-0.2, -0.15) is 0 Å². The van der Waals surface area contributed by atoms with E-state index in [-0.39, 0.29) is 6.04 Å². The molecule has 1 aromatic heterocycles. The summed E-state index contributed by atoms with van der Waals surface area (Å²) < 4.78 is 31.5. The van der Waals surface area contributed by atoms with Crippen LogP contribution in [-0.4, -0.2) is 0 Å². The fourth-order valence-corrected chi connectivity index (χ4v) is 1.83. The van der Waals surface area contributed by atoms with E-state index in [1.807, 2.05) is 19.1 Å². The molecular weight excluding hydrogens is 236 g/mol. The van der Waals surface area contributed by atoms with Crippen molar-refractivity contribution < 1.29 is 13.2 Å². The van der Waals surface area contributed by atoms with Crippen LogP contribution in [0.4, 0.5) is 8.78 Å². The Balaban J connectivity index is 2.02. The van der Waals surface area contributed by atoms with E-state index < -0.39 is 11.6 Å². The minimum absolute atomic E-state index is 0.0319. The Morgan fingerprint density at radius 2 is 2.11 bits per heavy atom. The van der Waals surface area contributed by atoms with Crippen LogP contribution in [0, 0.1) is 11.6 Å². The largest absolute Gasteiger partial charge is 0.468 e. The Morgan fingerprint density at radius 3 is 2.72 bits per heavy atom. The molecule has 0 aliphatic rings. The van der Waals surface area contributed by atoms with Gasteiger partial charge in [0, 0.05) is 18.2 Å². The van der Waals surface area contributed by atoms with Gasteiger partial charge in [-0.1, -0.05) is 13.0 Å². The van der Waals surface area contributed by atoms with Crippen molar-refractivity contribution in [1.29, 1.82) is 0 Å². The lowest BCUT2D eigenvalue weighted by Crippen LogP contribution is -2.20. The second-order valence-corrected chi connectivity index (χ2v) is 4.09. The SMILES string of the molecule is CCC(NCc1ccc(F)cc1F)c1ccco1. The molecule has 96 valence electrons. The molecule has 0 spiro atoms. The molecule has 0 radical (unpaired) electrons. The highest BCUT2D eigenvalue weighted by Crippen LogP contribution is 2.18. The van der Waals surface area contributed by atoms with Crippen LogP contribution in [0.3, 0.4) is 0 Å². The van der Waals surface area contributed by atoms with Gasteiger partial charge >= 0.3 is 0 Å². The van der Waals surface area contributed by atoms with E-state index in [0.717, 1.165) is 18.2 Å². The first-order chi connectivity index (χ1) is 8.70. The minimum Gasteiger partial charge on any atom is -0.468 e. The van der Waals surface area contributed by atoms with Crippen LogP contribution in [0.2, 0.25) is 0 Å². The Labute approximate surface area is 105 Å². The van der Waals surface area contributed by atoms with Gasteiger partial charge in [0.05, 0.1) is 12.3 Å². The fourth-order valence-electron chi connectivity index (χ4n) is 1.83. The van der Waals surface area contributed by atoms with Crippen LogP contribution >= 0.6 is 0 Å². The van der Waals surface area contributed by atoms with E-state index in [0.29, 0.717) is 12.1 Å². The highest BCUT2D eigenvalue weighted by Gasteiger charge is 2.12. The summed E-state index contributed by atoms with van der Waals surface area (Å²) in [6.07, 6.45) is 2.44. The fraction of sp³-hybridized carbons (Fsp3) is 0.286. The molecule has 2 nitrogen and oxygen atoms in total. The smallest absolute Gasteiger partial charge is 0.130 e. The zero-order valence-corrected chi connectivity index (χ0v) is 10.1. The van der Waals surface area contributed by atoms with Crippen molar-refractivity contribution in [1.82, 2.24) is 5.32 Å². The van der Waals surface area contributed by atoms with Crippen molar-refractivity contribution in [3.8, 4) is 0 Å². The summed E-state index contributed by atoms with van der Waals surface area (Å²) in [6.45, 7) is 2.35. The second kappa shape index (κ2) is 5.78. The topological polar surface area (TPSA) is 25.2 Å². The summed E-state index contributed by atoms with van der Waals surface area (Å²) in [6, 6.07) is 7.33. The van der Waals surface area contributed by atoms with Gasteiger partial charge in [0.25, 0.3) is 0 Å². The molecule has 0 bridgehead atoms. The minimum atomic E-state index is -0.561. The number of hydrogen-bond acceptors (Lipinski definition) is 2. The average molecular weight is 251 g/mol. The predicted octanol–water partition coefficient (Wildman–Crippen LogP) is 3.80. The third-order valence-corrected chi connectivity index (χ3v) is 2.85. The lowest BCUT2D eigenvalue weighted by atomic mass is 10.1. The molecule has 18 heavy (non-hydrogen) atoms. The van der Waals surface area contributed by atoms with Crippen LogP contribution in [0.5, 0.6) is 0 Å². The Morgan fingerprint density at radius 1 is 1.28 bits per heavy atom. The van der Waals surface area contributed by atoms with Crippen molar-refractivity contribution in [3.63, 3.8) is 0 Å². The lowest BCUT2D eigenvalue weighted by molar-refractivity contribution is 0.400. The summed E-state index contributed by atoms with van der Waals surface area (Å²) in [5.41, 5.74) is 0.446. The highest BCUT2D eigenvalue weighted by molar-refractivity contribution is 5.18. The lowest BCUT2D eigenvalue weighted by Gasteiger charge is -2.14. The Bertz CT molecular complexity index is 497. The van der Waals surface area contributed by atoms with Gasteiger partial charge in [0.15, 0.2) is 0 Å². The quantitative estimate of drug-likeness (QED) is 0.874. The molecule has 2 rings (SSSR count). The molecule has 1 N–H and O–H groups in total. The third kappa shape index (κ3) is 2.96. The van der Waals surface area contributed by atoms with Crippen molar-refractivity contribution in [2.75, 3.05) is 0 Å². The number of hydrogen-bond donors (Lipinski definition) is 1. The normalized spacial score (nSPS) is 12.6. The van der Waals surface area contributed by atoms with Crippen LogP contribution < -0.4 is 5.32 Å². The molecule has 0 aliphatic heterocycles. The summed E-state index contributed by atoms with van der Waals surface area (Å²) in [5.74, 6) is -0.272. The molecule has 0 saturated carbocycles. The molecule has 4 heteroatoms. The van der Waals surface area contributed by atoms with Gasteiger partial charge in [-0.25, -0.2) is 8.78 Å². The number of benzene rings is 1. The van der Waals surface area contributed by atoms with E-state index in [1.165, 1.54) is 12.1 Å². The molecule has 2 aromatic rings. The van der Waals surface area contributed by atoms with E-state index in [1.54, 1.807) is 6.26 Å². The maximum atomic E-state index is 13.4. The molecule has 0 fully saturated rings. The zero-order chi connectivity index (χ0) is 13.0. The third-order valence-electron chi connectivity index (χ3n) is 2.85. The predicted molar refractivity (Wildman–Crippen MR) is 64.9 cm³/mol. The maximum absolute atomic E-state index is 13.4. The number of nitrogens with one attached hydrogen (secondary N) is 1. The summed E-state index contributed by atoms with van der Waals surface area (Å²) in [4.78, 5) is 0. The molecule has 1 atom stereocenters. The van der Waals surface area contributed by atoms with Crippen molar-refractivity contribution in [3.05, 3.63) is 59.6 Å². The van der Waals surface area contributed by atoms with E-state index in [4.69, 9.17) is 4.42 Å². The molecule has 1 heterocycles. The van der Waals surface area contributed by atoms with E-state index in [2.05, 4.69) is 5.32 Å². The van der Waals surface area contributed by atoms with Crippen molar-refractivity contribution in [2.45, 2.75) is 25.9 Å². The van der Waals surface area contributed by atoms with Gasteiger partial charge < -0.3 is 9.73 Å². The Hall–Kier alpha value is -1.68. The highest BCUT2D eigenvalue weighted by atomic mass is 19.1. The summed E-state index contributed by atoms with van der Waals surface area (Å²) in [5, 5.41) is 3.19. The van der Waals surface area contributed by atoms with E-state index >= 15 is 0 Å². The first-order valence-electron chi connectivity index (χ1n) is 5.91. The maximum Gasteiger partial charge on any atom is 0.130 e. The number of rotatable bonds is 5. The molecule has 0 aliphatic carbocycles.